The first kappa shape index (κ1) is 16.3. The molecule has 0 N–H and O–H groups in total. The lowest BCUT2D eigenvalue weighted by Gasteiger charge is -2.45. The van der Waals surface area contributed by atoms with Crippen LogP contribution in [-0.2, 0) is 4.74 Å². The first-order valence-corrected chi connectivity index (χ1v) is 8.06. The highest BCUT2D eigenvalue weighted by molar-refractivity contribution is 5.94. The standard InChI is InChI=1S/C17H22F2N2O2/c1-2-23-11-14-8-17(18,19)12-21(14)15-9-20(10-15)16(22)13-6-4-3-5-7-13/h3-7,14-15H,2,8-12H2,1H3/t14-/m0/s1. The quantitative estimate of drug-likeness (QED) is 0.833. The molecular formula is C17H22F2N2O2. The molecule has 3 rings (SSSR count). The zero-order valence-corrected chi connectivity index (χ0v) is 13.3. The highest BCUT2D eigenvalue weighted by Gasteiger charge is 2.50. The molecule has 2 aliphatic rings. The van der Waals surface area contributed by atoms with Gasteiger partial charge in [0.2, 0.25) is 0 Å². The Kier molecular flexibility index (Phi) is 4.64. The molecule has 2 saturated heterocycles. The number of amides is 1. The van der Waals surface area contributed by atoms with Gasteiger partial charge in [0, 0.05) is 43.8 Å². The molecule has 1 aromatic carbocycles. The van der Waals surface area contributed by atoms with Crippen molar-refractivity contribution in [3.8, 4) is 0 Å². The minimum absolute atomic E-state index is 0.00138. The molecule has 2 fully saturated rings. The third-order valence-electron chi connectivity index (χ3n) is 4.57. The van der Waals surface area contributed by atoms with Gasteiger partial charge in [-0.2, -0.15) is 0 Å². The number of hydrogen-bond donors (Lipinski definition) is 0. The zero-order chi connectivity index (χ0) is 16.4. The Morgan fingerprint density at radius 1 is 1.30 bits per heavy atom. The van der Waals surface area contributed by atoms with Crippen LogP contribution >= 0.6 is 0 Å². The molecule has 0 radical (unpaired) electrons. The molecule has 1 atom stereocenters. The van der Waals surface area contributed by atoms with E-state index in [0.717, 1.165) is 0 Å². The molecule has 2 aliphatic heterocycles. The monoisotopic (exact) mass is 324 g/mol. The van der Waals surface area contributed by atoms with Crippen LogP contribution in [0.5, 0.6) is 0 Å². The Morgan fingerprint density at radius 2 is 2.00 bits per heavy atom. The van der Waals surface area contributed by atoms with Crippen LogP contribution in [0.15, 0.2) is 30.3 Å². The second-order valence-electron chi connectivity index (χ2n) is 6.28. The third-order valence-corrected chi connectivity index (χ3v) is 4.57. The van der Waals surface area contributed by atoms with Crippen molar-refractivity contribution < 1.29 is 18.3 Å². The molecule has 0 unspecified atom stereocenters. The van der Waals surface area contributed by atoms with Crippen molar-refractivity contribution in [1.82, 2.24) is 9.80 Å². The highest BCUT2D eigenvalue weighted by atomic mass is 19.3. The second-order valence-corrected chi connectivity index (χ2v) is 6.28. The summed E-state index contributed by atoms with van der Waals surface area (Å²) in [5.74, 6) is -2.69. The van der Waals surface area contributed by atoms with Crippen LogP contribution in [0.3, 0.4) is 0 Å². The summed E-state index contributed by atoms with van der Waals surface area (Å²) < 4.78 is 32.8. The summed E-state index contributed by atoms with van der Waals surface area (Å²) >= 11 is 0. The summed E-state index contributed by atoms with van der Waals surface area (Å²) in [7, 11) is 0. The molecule has 6 heteroatoms. The van der Waals surface area contributed by atoms with Crippen LogP contribution in [0.2, 0.25) is 0 Å². The van der Waals surface area contributed by atoms with Gasteiger partial charge in [0.15, 0.2) is 0 Å². The topological polar surface area (TPSA) is 32.8 Å². The highest BCUT2D eigenvalue weighted by Crippen LogP contribution is 2.35. The molecule has 1 aromatic rings. The van der Waals surface area contributed by atoms with E-state index in [1.807, 2.05) is 30.0 Å². The first-order chi connectivity index (χ1) is 11.0. The largest absolute Gasteiger partial charge is 0.380 e. The molecule has 2 heterocycles. The Hall–Kier alpha value is -1.53. The average molecular weight is 324 g/mol. The molecule has 23 heavy (non-hydrogen) atoms. The van der Waals surface area contributed by atoms with Crippen molar-refractivity contribution in [3.63, 3.8) is 0 Å². The number of carbonyl (C=O) groups is 1. The molecule has 126 valence electrons. The SMILES string of the molecule is CCOC[C@@H]1CC(F)(F)CN1C1CN(C(=O)c2ccccc2)C1. The van der Waals surface area contributed by atoms with Crippen LogP contribution in [0.1, 0.15) is 23.7 Å². The van der Waals surface area contributed by atoms with Gasteiger partial charge in [-0.15, -0.1) is 0 Å². The van der Waals surface area contributed by atoms with E-state index in [2.05, 4.69) is 0 Å². The van der Waals surface area contributed by atoms with Gasteiger partial charge in [-0.25, -0.2) is 8.78 Å². The van der Waals surface area contributed by atoms with Crippen LogP contribution < -0.4 is 0 Å². The van der Waals surface area contributed by atoms with Gasteiger partial charge in [-0.3, -0.25) is 9.69 Å². The Morgan fingerprint density at radius 3 is 2.65 bits per heavy atom. The summed E-state index contributed by atoms with van der Waals surface area (Å²) in [6.07, 6.45) is -0.157. The second kappa shape index (κ2) is 6.53. The number of hydrogen-bond acceptors (Lipinski definition) is 3. The summed E-state index contributed by atoms with van der Waals surface area (Å²) in [4.78, 5) is 15.8. The Bertz CT molecular complexity index is 547. The van der Waals surface area contributed by atoms with Crippen molar-refractivity contribution in [2.45, 2.75) is 31.4 Å². The van der Waals surface area contributed by atoms with E-state index < -0.39 is 5.92 Å². The van der Waals surface area contributed by atoms with Gasteiger partial charge in [-0.1, -0.05) is 18.2 Å². The van der Waals surface area contributed by atoms with E-state index in [1.54, 1.807) is 17.0 Å². The lowest BCUT2D eigenvalue weighted by atomic mass is 10.0. The predicted molar refractivity (Wildman–Crippen MR) is 82.7 cm³/mol. The van der Waals surface area contributed by atoms with Gasteiger partial charge in [0.05, 0.1) is 13.2 Å². The van der Waals surface area contributed by atoms with Crippen LogP contribution in [0.25, 0.3) is 0 Å². The average Bonchev–Trinajstić information content (AvgIpc) is 2.79. The first-order valence-electron chi connectivity index (χ1n) is 8.06. The van der Waals surface area contributed by atoms with Crippen molar-refractivity contribution in [2.24, 2.45) is 0 Å². The van der Waals surface area contributed by atoms with Crippen LogP contribution in [0, 0.1) is 0 Å². The van der Waals surface area contributed by atoms with Crippen molar-refractivity contribution >= 4 is 5.91 Å². The molecule has 0 aromatic heterocycles. The van der Waals surface area contributed by atoms with E-state index in [4.69, 9.17) is 4.74 Å². The minimum atomic E-state index is -2.66. The fraction of sp³-hybridized carbons (Fsp3) is 0.588. The molecule has 4 nitrogen and oxygen atoms in total. The third kappa shape index (κ3) is 3.53. The fourth-order valence-electron chi connectivity index (χ4n) is 3.35. The lowest BCUT2D eigenvalue weighted by molar-refractivity contribution is -0.0148. The summed E-state index contributed by atoms with van der Waals surface area (Å²) in [6, 6.07) is 8.80. The van der Waals surface area contributed by atoms with E-state index in [0.29, 0.717) is 31.9 Å². The van der Waals surface area contributed by atoms with E-state index in [-0.39, 0.29) is 31.0 Å². The smallest absolute Gasteiger partial charge is 0.262 e. The van der Waals surface area contributed by atoms with Crippen molar-refractivity contribution in [3.05, 3.63) is 35.9 Å². The van der Waals surface area contributed by atoms with Crippen molar-refractivity contribution in [2.75, 3.05) is 32.8 Å². The fourth-order valence-corrected chi connectivity index (χ4v) is 3.35. The Labute approximate surface area is 135 Å². The number of likely N-dealkylation sites (tertiary alicyclic amines) is 2. The van der Waals surface area contributed by atoms with Gasteiger partial charge in [0.1, 0.15) is 0 Å². The maximum atomic E-state index is 13.7. The van der Waals surface area contributed by atoms with E-state index >= 15 is 0 Å². The maximum Gasteiger partial charge on any atom is 0.262 e. The van der Waals surface area contributed by atoms with Gasteiger partial charge >= 0.3 is 0 Å². The minimum Gasteiger partial charge on any atom is -0.380 e. The number of nitrogens with zero attached hydrogens (tertiary/aromatic N) is 2. The summed E-state index contributed by atoms with van der Waals surface area (Å²) in [6.45, 7) is 3.50. The maximum absolute atomic E-state index is 13.7. The predicted octanol–water partition coefficient (Wildman–Crippen LogP) is 2.26. The number of benzene rings is 1. The summed E-state index contributed by atoms with van der Waals surface area (Å²) in [5.41, 5.74) is 0.642. The van der Waals surface area contributed by atoms with E-state index in [1.165, 1.54) is 0 Å². The van der Waals surface area contributed by atoms with Gasteiger partial charge < -0.3 is 9.64 Å². The van der Waals surface area contributed by atoms with Crippen molar-refractivity contribution in [1.29, 1.82) is 0 Å². The summed E-state index contributed by atoms with van der Waals surface area (Å²) in [5, 5.41) is 0. The molecule has 0 spiro atoms. The number of carbonyl (C=O) groups excluding carboxylic acids is 1. The number of alkyl halides is 2. The van der Waals surface area contributed by atoms with Gasteiger partial charge in [0.25, 0.3) is 11.8 Å². The molecular weight excluding hydrogens is 302 g/mol. The van der Waals surface area contributed by atoms with Gasteiger partial charge in [-0.05, 0) is 19.1 Å². The van der Waals surface area contributed by atoms with Crippen LogP contribution in [0.4, 0.5) is 8.78 Å². The number of rotatable bonds is 5. The molecule has 0 aliphatic carbocycles. The zero-order valence-electron chi connectivity index (χ0n) is 13.3. The van der Waals surface area contributed by atoms with E-state index in [9.17, 15) is 13.6 Å². The molecule has 0 saturated carbocycles. The normalized spacial score (nSPS) is 24.7. The molecule has 1 amide bonds. The lowest BCUT2D eigenvalue weighted by Crippen LogP contribution is -2.62. The molecule has 0 bridgehead atoms. The number of ether oxygens (including phenoxy) is 1. The Balaban J connectivity index is 1.58. The number of halogens is 2. The van der Waals surface area contributed by atoms with Crippen LogP contribution in [-0.4, -0.2) is 66.6 Å².